The van der Waals surface area contributed by atoms with Crippen molar-refractivity contribution in [2.75, 3.05) is 37.6 Å². The summed E-state index contributed by atoms with van der Waals surface area (Å²) in [7, 11) is 0. The van der Waals surface area contributed by atoms with Gasteiger partial charge in [-0.25, -0.2) is 4.98 Å². The second-order valence-electron chi connectivity index (χ2n) is 7.87. The maximum Gasteiger partial charge on any atom is 0.280 e. The smallest absolute Gasteiger partial charge is 0.280 e. The van der Waals surface area contributed by atoms with Gasteiger partial charge in [-0.2, -0.15) is 0 Å². The number of carbonyl (C=O) groups is 1. The van der Waals surface area contributed by atoms with E-state index in [4.69, 9.17) is 11.6 Å². The molecule has 28 heavy (non-hydrogen) atoms. The SMILES string of the molecule is Cc1cccc(N2CCN(CC[C@H]3C[C@H](NC(=O)c4nccs4)C3)CC2)c1Cl. The van der Waals surface area contributed by atoms with Crippen LogP contribution in [0.1, 0.15) is 34.6 Å². The number of benzene rings is 1. The average molecular weight is 419 g/mol. The van der Waals surface area contributed by atoms with Crippen molar-refractivity contribution in [1.82, 2.24) is 15.2 Å². The van der Waals surface area contributed by atoms with Gasteiger partial charge in [-0.1, -0.05) is 23.7 Å². The molecule has 1 N–H and O–H groups in total. The summed E-state index contributed by atoms with van der Waals surface area (Å²) < 4.78 is 0. The maximum absolute atomic E-state index is 12.0. The first-order valence-electron chi connectivity index (χ1n) is 10.0. The van der Waals surface area contributed by atoms with Crippen LogP contribution in [-0.4, -0.2) is 54.6 Å². The van der Waals surface area contributed by atoms with Gasteiger partial charge < -0.3 is 10.2 Å². The number of rotatable bonds is 6. The summed E-state index contributed by atoms with van der Waals surface area (Å²) in [5.41, 5.74) is 2.31. The van der Waals surface area contributed by atoms with E-state index in [-0.39, 0.29) is 5.91 Å². The summed E-state index contributed by atoms with van der Waals surface area (Å²) >= 11 is 7.88. The van der Waals surface area contributed by atoms with E-state index in [1.807, 2.05) is 5.38 Å². The van der Waals surface area contributed by atoms with Crippen LogP contribution in [0.5, 0.6) is 0 Å². The fourth-order valence-electron chi connectivity index (χ4n) is 4.13. The van der Waals surface area contributed by atoms with E-state index in [9.17, 15) is 4.79 Å². The van der Waals surface area contributed by atoms with Crippen LogP contribution in [-0.2, 0) is 0 Å². The molecule has 5 nitrogen and oxygen atoms in total. The van der Waals surface area contributed by atoms with E-state index in [0.717, 1.165) is 62.1 Å². The second-order valence-corrected chi connectivity index (χ2v) is 9.14. The largest absolute Gasteiger partial charge is 0.368 e. The van der Waals surface area contributed by atoms with Crippen molar-refractivity contribution >= 4 is 34.5 Å². The number of anilines is 1. The van der Waals surface area contributed by atoms with Crippen LogP contribution in [0.25, 0.3) is 0 Å². The molecule has 0 bridgehead atoms. The topological polar surface area (TPSA) is 48.5 Å². The molecule has 2 fully saturated rings. The lowest BCUT2D eigenvalue weighted by atomic mass is 9.78. The van der Waals surface area contributed by atoms with Gasteiger partial charge in [0.2, 0.25) is 0 Å². The van der Waals surface area contributed by atoms with Crippen LogP contribution in [0.4, 0.5) is 5.69 Å². The van der Waals surface area contributed by atoms with Crippen LogP contribution in [0.2, 0.25) is 5.02 Å². The molecule has 1 saturated carbocycles. The Kier molecular flexibility index (Phi) is 6.19. The quantitative estimate of drug-likeness (QED) is 0.774. The summed E-state index contributed by atoms with van der Waals surface area (Å²) in [6.07, 6.45) is 5.08. The number of nitrogens with one attached hydrogen (secondary N) is 1. The third-order valence-electron chi connectivity index (χ3n) is 5.94. The van der Waals surface area contributed by atoms with Gasteiger partial charge in [0, 0.05) is 43.8 Å². The summed E-state index contributed by atoms with van der Waals surface area (Å²) in [6.45, 7) is 7.43. The molecular weight excluding hydrogens is 392 g/mol. The first-order valence-corrected chi connectivity index (χ1v) is 11.3. The summed E-state index contributed by atoms with van der Waals surface area (Å²) in [5.74, 6) is 0.704. The van der Waals surface area contributed by atoms with Crippen molar-refractivity contribution in [3.63, 3.8) is 0 Å². The number of hydrogen-bond acceptors (Lipinski definition) is 5. The molecule has 150 valence electrons. The van der Waals surface area contributed by atoms with E-state index in [0.29, 0.717) is 11.0 Å². The molecule has 4 rings (SSSR count). The number of halogens is 1. The van der Waals surface area contributed by atoms with E-state index in [1.165, 1.54) is 23.4 Å². The predicted molar refractivity (Wildman–Crippen MR) is 116 cm³/mol. The van der Waals surface area contributed by atoms with Gasteiger partial charge in [-0.05, 0) is 50.3 Å². The zero-order chi connectivity index (χ0) is 19.5. The molecule has 2 heterocycles. The van der Waals surface area contributed by atoms with Gasteiger partial charge in [-0.15, -0.1) is 11.3 Å². The first kappa shape index (κ1) is 19.7. The molecule has 2 aromatic rings. The van der Waals surface area contributed by atoms with Crippen molar-refractivity contribution in [1.29, 1.82) is 0 Å². The van der Waals surface area contributed by atoms with Gasteiger partial charge in [0.15, 0.2) is 5.01 Å². The average Bonchev–Trinajstić information content (AvgIpc) is 3.21. The Balaban J connectivity index is 1.15. The monoisotopic (exact) mass is 418 g/mol. The number of amides is 1. The Hall–Kier alpha value is -1.63. The van der Waals surface area contributed by atoms with Gasteiger partial charge in [0.05, 0.1) is 10.7 Å². The summed E-state index contributed by atoms with van der Waals surface area (Å²) in [6, 6.07) is 6.59. The molecule has 0 atom stereocenters. The van der Waals surface area contributed by atoms with Gasteiger partial charge in [0.25, 0.3) is 5.91 Å². The highest BCUT2D eigenvalue weighted by atomic mass is 35.5. The number of thiazole rings is 1. The van der Waals surface area contributed by atoms with Gasteiger partial charge >= 0.3 is 0 Å². The number of aryl methyl sites for hydroxylation is 1. The van der Waals surface area contributed by atoms with Gasteiger partial charge in [0.1, 0.15) is 0 Å². The summed E-state index contributed by atoms with van der Waals surface area (Å²) in [5, 5.41) is 6.39. The number of carbonyl (C=O) groups excluding carboxylic acids is 1. The zero-order valence-corrected chi connectivity index (χ0v) is 17.8. The maximum atomic E-state index is 12.0. The molecule has 2 aliphatic rings. The van der Waals surface area contributed by atoms with Crippen molar-refractivity contribution < 1.29 is 4.79 Å². The Labute approximate surface area is 175 Å². The minimum atomic E-state index is -0.0237. The van der Waals surface area contributed by atoms with Crippen LogP contribution >= 0.6 is 22.9 Å². The lowest BCUT2D eigenvalue weighted by Gasteiger charge is -2.39. The van der Waals surface area contributed by atoms with Crippen molar-refractivity contribution in [2.45, 2.75) is 32.2 Å². The van der Waals surface area contributed by atoms with E-state index >= 15 is 0 Å². The minimum Gasteiger partial charge on any atom is -0.368 e. The fourth-order valence-corrected chi connectivity index (χ4v) is 4.91. The fraction of sp³-hybridized carbons (Fsp3) is 0.524. The molecule has 7 heteroatoms. The molecular formula is C21H27ClN4OS. The molecule has 1 amide bonds. The number of nitrogens with zero attached hydrogens (tertiary/aromatic N) is 3. The Morgan fingerprint density at radius 1 is 1.29 bits per heavy atom. The van der Waals surface area contributed by atoms with Crippen molar-refractivity contribution in [3.05, 3.63) is 45.4 Å². The molecule has 1 saturated heterocycles. The minimum absolute atomic E-state index is 0.0237. The van der Waals surface area contributed by atoms with Crippen molar-refractivity contribution in [3.8, 4) is 0 Å². The highest BCUT2D eigenvalue weighted by molar-refractivity contribution is 7.11. The third kappa shape index (κ3) is 4.50. The zero-order valence-electron chi connectivity index (χ0n) is 16.2. The first-order chi connectivity index (χ1) is 13.6. The normalized spacial score (nSPS) is 22.7. The Morgan fingerprint density at radius 3 is 2.79 bits per heavy atom. The number of hydrogen-bond donors (Lipinski definition) is 1. The number of aromatic nitrogens is 1. The van der Waals surface area contributed by atoms with Crippen LogP contribution in [0, 0.1) is 12.8 Å². The predicted octanol–water partition coefficient (Wildman–Crippen LogP) is 3.83. The highest BCUT2D eigenvalue weighted by Crippen LogP contribution is 2.32. The van der Waals surface area contributed by atoms with Crippen LogP contribution in [0.3, 0.4) is 0 Å². The highest BCUT2D eigenvalue weighted by Gasteiger charge is 2.31. The lowest BCUT2D eigenvalue weighted by Crippen LogP contribution is -2.48. The molecule has 1 aromatic heterocycles. The Bertz CT molecular complexity index is 799. The standard InChI is InChI=1S/C21H27ClN4OS/c1-15-3-2-4-18(19(15)22)26-10-8-25(9-11-26)7-5-16-13-17(14-16)24-20(27)21-23-6-12-28-21/h2-4,6,12,16-17H,5,7-11,13-14H2,1H3,(H,24,27)/t16-,17-. The Morgan fingerprint density at radius 2 is 2.07 bits per heavy atom. The van der Waals surface area contributed by atoms with E-state index in [1.54, 1.807) is 6.20 Å². The molecule has 1 aromatic carbocycles. The van der Waals surface area contributed by atoms with Crippen LogP contribution in [0.15, 0.2) is 29.8 Å². The molecule has 0 unspecified atom stereocenters. The summed E-state index contributed by atoms with van der Waals surface area (Å²) in [4.78, 5) is 21.1. The van der Waals surface area contributed by atoms with Gasteiger partial charge in [-0.3, -0.25) is 9.69 Å². The number of piperazine rings is 1. The molecule has 0 spiro atoms. The molecule has 1 aliphatic carbocycles. The molecule has 0 radical (unpaired) electrons. The third-order valence-corrected chi connectivity index (χ3v) is 7.20. The second kappa shape index (κ2) is 8.80. The lowest BCUT2D eigenvalue weighted by molar-refractivity contribution is 0.0877. The van der Waals surface area contributed by atoms with Crippen LogP contribution < -0.4 is 10.2 Å². The van der Waals surface area contributed by atoms with Crippen molar-refractivity contribution in [2.24, 2.45) is 5.92 Å². The van der Waals surface area contributed by atoms with E-state index in [2.05, 4.69) is 45.2 Å². The van der Waals surface area contributed by atoms with E-state index < -0.39 is 0 Å². The molecule has 1 aliphatic heterocycles.